The van der Waals surface area contributed by atoms with E-state index in [1.807, 2.05) is 30.3 Å². The molecule has 1 rings (SSSR count). The first kappa shape index (κ1) is 14.4. The van der Waals surface area contributed by atoms with Crippen LogP contribution in [0.4, 0.5) is 0 Å². The molecule has 0 aliphatic carbocycles. The lowest BCUT2D eigenvalue weighted by atomic mass is 10.2. The van der Waals surface area contributed by atoms with Crippen molar-refractivity contribution in [1.82, 2.24) is 0 Å². The summed E-state index contributed by atoms with van der Waals surface area (Å²) in [7, 11) is 1.33. The van der Waals surface area contributed by atoms with Gasteiger partial charge in [-0.1, -0.05) is 42.5 Å². The first-order chi connectivity index (χ1) is 8.72. The van der Waals surface area contributed by atoms with E-state index in [1.54, 1.807) is 6.08 Å². The fourth-order valence-electron chi connectivity index (χ4n) is 1.33. The molecule has 0 aliphatic rings. The Labute approximate surface area is 107 Å². The summed E-state index contributed by atoms with van der Waals surface area (Å²) in [6.07, 6.45) is 2.55. The minimum Gasteiger partial charge on any atom is -0.469 e. The highest BCUT2D eigenvalue weighted by Crippen LogP contribution is 2.01. The van der Waals surface area contributed by atoms with E-state index in [2.05, 4.69) is 4.74 Å². The highest BCUT2D eigenvalue weighted by atomic mass is 16.5. The van der Waals surface area contributed by atoms with Gasteiger partial charge in [0.05, 0.1) is 32.8 Å². The lowest BCUT2D eigenvalue weighted by Gasteiger charge is -2.07. The third-order valence-electron chi connectivity index (χ3n) is 2.27. The van der Waals surface area contributed by atoms with Crippen molar-refractivity contribution < 1.29 is 19.4 Å². The molecule has 0 fully saturated rings. The standard InChI is InChI=1S/C14H18O4/c1-17-14(16)9-5-8-13(15)11-18-10-12-6-3-2-4-7-12/h2-8,13,15H,9-11H2,1H3/b8-5+/t13-/m0/s1. The van der Waals surface area contributed by atoms with Crippen molar-refractivity contribution >= 4 is 5.97 Å². The highest BCUT2D eigenvalue weighted by molar-refractivity contribution is 5.70. The van der Waals surface area contributed by atoms with Crippen LogP contribution >= 0.6 is 0 Å². The molecule has 4 heteroatoms. The third-order valence-corrected chi connectivity index (χ3v) is 2.27. The van der Waals surface area contributed by atoms with Gasteiger partial charge < -0.3 is 14.6 Å². The summed E-state index contributed by atoms with van der Waals surface area (Å²) in [5.41, 5.74) is 1.06. The molecule has 0 saturated heterocycles. The summed E-state index contributed by atoms with van der Waals surface area (Å²) in [5.74, 6) is -0.330. The Morgan fingerprint density at radius 2 is 2.11 bits per heavy atom. The predicted octanol–water partition coefficient (Wildman–Crippen LogP) is 1.68. The van der Waals surface area contributed by atoms with Gasteiger partial charge in [0.2, 0.25) is 0 Å². The van der Waals surface area contributed by atoms with Crippen molar-refractivity contribution in [2.45, 2.75) is 19.1 Å². The van der Waals surface area contributed by atoms with Crippen LogP contribution in [0.3, 0.4) is 0 Å². The van der Waals surface area contributed by atoms with Gasteiger partial charge in [-0.25, -0.2) is 0 Å². The van der Waals surface area contributed by atoms with E-state index in [1.165, 1.54) is 13.2 Å². The van der Waals surface area contributed by atoms with Gasteiger partial charge in [-0.3, -0.25) is 4.79 Å². The van der Waals surface area contributed by atoms with E-state index in [9.17, 15) is 9.90 Å². The van der Waals surface area contributed by atoms with Crippen molar-refractivity contribution in [3.05, 3.63) is 48.0 Å². The molecule has 1 atom stereocenters. The summed E-state index contributed by atoms with van der Waals surface area (Å²) < 4.78 is 9.82. The Balaban J connectivity index is 2.17. The summed E-state index contributed by atoms with van der Waals surface area (Å²) in [6.45, 7) is 0.662. The van der Waals surface area contributed by atoms with Gasteiger partial charge in [-0.2, -0.15) is 0 Å². The normalized spacial score (nSPS) is 12.6. The molecule has 0 aromatic heterocycles. The van der Waals surface area contributed by atoms with E-state index in [-0.39, 0.29) is 19.0 Å². The van der Waals surface area contributed by atoms with Crippen LogP contribution in [0.5, 0.6) is 0 Å². The number of carbonyl (C=O) groups excluding carboxylic acids is 1. The van der Waals surface area contributed by atoms with Crippen LogP contribution in [0.1, 0.15) is 12.0 Å². The van der Waals surface area contributed by atoms with E-state index in [0.717, 1.165) is 5.56 Å². The zero-order chi connectivity index (χ0) is 13.2. The first-order valence-corrected chi connectivity index (χ1v) is 5.75. The molecule has 0 spiro atoms. The topological polar surface area (TPSA) is 55.8 Å². The fourth-order valence-corrected chi connectivity index (χ4v) is 1.33. The average Bonchev–Trinajstić information content (AvgIpc) is 2.39. The van der Waals surface area contributed by atoms with E-state index < -0.39 is 6.10 Å². The van der Waals surface area contributed by atoms with Gasteiger partial charge in [0.25, 0.3) is 0 Å². The van der Waals surface area contributed by atoms with Crippen LogP contribution in [-0.4, -0.2) is 30.9 Å². The first-order valence-electron chi connectivity index (χ1n) is 5.75. The second-order valence-corrected chi connectivity index (χ2v) is 3.78. The fraction of sp³-hybridized carbons (Fsp3) is 0.357. The van der Waals surface area contributed by atoms with Gasteiger partial charge in [0.1, 0.15) is 0 Å². The second-order valence-electron chi connectivity index (χ2n) is 3.78. The second kappa shape index (κ2) is 8.44. The molecule has 0 amide bonds. The number of aliphatic hydroxyl groups is 1. The van der Waals surface area contributed by atoms with Crippen LogP contribution in [0.25, 0.3) is 0 Å². The van der Waals surface area contributed by atoms with Crippen molar-refractivity contribution in [2.75, 3.05) is 13.7 Å². The molecule has 1 aromatic carbocycles. The van der Waals surface area contributed by atoms with E-state index in [4.69, 9.17) is 4.74 Å². The molecule has 4 nitrogen and oxygen atoms in total. The smallest absolute Gasteiger partial charge is 0.309 e. The lowest BCUT2D eigenvalue weighted by molar-refractivity contribution is -0.139. The molecule has 0 bridgehead atoms. The van der Waals surface area contributed by atoms with Crippen molar-refractivity contribution in [2.24, 2.45) is 0 Å². The van der Waals surface area contributed by atoms with Crippen molar-refractivity contribution in [3.8, 4) is 0 Å². The zero-order valence-corrected chi connectivity index (χ0v) is 10.4. The molecular formula is C14H18O4. The number of rotatable bonds is 7. The van der Waals surface area contributed by atoms with Gasteiger partial charge in [-0.15, -0.1) is 0 Å². The van der Waals surface area contributed by atoms with Gasteiger partial charge in [0, 0.05) is 0 Å². The van der Waals surface area contributed by atoms with Crippen LogP contribution in [-0.2, 0) is 20.9 Å². The Bertz CT molecular complexity index is 373. The number of aliphatic hydroxyl groups excluding tert-OH is 1. The van der Waals surface area contributed by atoms with Gasteiger partial charge in [-0.05, 0) is 5.56 Å². The maximum absolute atomic E-state index is 10.8. The van der Waals surface area contributed by atoms with Crippen molar-refractivity contribution in [1.29, 1.82) is 0 Å². The minimum absolute atomic E-state index is 0.159. The molecule has 0 radical (unpaired) electrons. The number of ether oxygens (including phenoxy) is 2. The van der Waals surface area contributed by atoms with Crippen molar-refractivity contribution in [3.63, 3.8) is 0 Å². The molecule has 1 aromatic rings. The summed E-state index contributed by atoms with van der Waals surface area (Å²) >= 11 is 0. The maximum Gasteiger partial charge on any atom is 0.309 e. The largest absolute Gasteiger partial charge is 0.469 e. The Hall–Kier alpha value is -1.65. The Kier molecular flexibility index (Phi) is 6.76. The quantitative estimate of drug-likeness (QED) is 0.591. The SMILES string of the molecule is COC(=O)C/C=C/[C@H](O)COCc1ccccc1. The van der Waals surface area contributed by atoms with Crippen LogP contribution in [0.15, 0.2) is 42.5 Å². The molecule has 0 saturated carbocycles. The Morgan fingerprint density at radius 3 is 2.78 bits per heavy atom. The van der Waals surface area contributed by atoms with Gasteiger partial charge in [0.15, 0.2) is 0 Å². The van der Waals surface area contributed by atoms with Crippen LogP contribution < -0.4 is 0 Å². The summed E-state index contributed by atoms with van der Waals surface area (Å²) in [5, 5.41) is 9.55. The highest BCUT2D eigenvalue weighted by Gasteiger charge is 2.01. The maximum atomic E-state index is 10.8. The third kappa shape index (κ3) is 6.18. The number of esters is 1. The van der Waals surface area contributed by atoms with E-state index >= 15 is 0 Å². The number of hydrogen-bond donors (Lipinski definition) is 1. The molecule has 0 unspecified atom stereocenters. The average molecular weight is 250 g/mol. The predicted molar refractivity (Wildman–Crippen MR) is 67.9 cm³/mol. The van der Waals surface area contributed by atoms with Crippen LogP contribution in [0.2, 0.25) is 0 Å². The number of benzene rings is 1. The summed E-state index contributed by atoms with van der Waals surface area (Å²) in [4.78, 5) is 10.8. The monoisotopic (exact) mass is 250 g/mol. The van der Waals surface area contributed by atoms with Crippen LogP contribution in [0, 0.1) is 0 Å². The summed E-state index contributed by atoms with van der Waals surface area (Å²) in [6, 6.07) is 9.73. The molecule has 18 heavy (non-hydrogen) atoms. The molecule has 0 heterocycles. The molecule has 1 N–H and O–H groups in total. The van der Waals surface area contributed by atoms with E-state index in [0.29, 0.717) is 6.61 Å². The minimum atomic E-state index is -0.710. The number of hydrogen-bond acceptors (Lipinski definition) is 4. The Morgan fingerprint density at radius 1 is 1.39 bits per heavy atom. The molecular weight excluding hydrogens is 232 g/mol. The lowest BCUT2D eigenvalue weighted by Crippen LogP contribution is -2.12. The zero-order valence-electron chi connectivity index (χ0n) is 10.4. The number of carbonyl (C=O) groups is 1. The van der Waals surface area contributed by atoms with Gasteiger partial charge >= 0.3 is 5.97 Å². The molecule has 0 aliphatic heterocycles. The number of methoxy groups -OCH3 is 1. The molecule has 98 valence electrons.